The van der Waals surface area contributed by atoms with Crippen LogP contribution in [0.4, 0.5) is 13.6 Å². The lowest BCUT2D eigenvalue weighted by Gasteiger charge is -2.27. The Morgan fingerprint density at radius 3 is 2.63 bits per heavy atom. The van der Waals surface area contributed by atoms with Gasteiger partial charge in [-0.1, -0.05) is 6.07 Å². The van der Waals surface area contributed by atoms with E-state index in [1.807, 2.05) is 0 Å². The Morgan fingerprint density at radius 2 is 2.00 bits per heavy atom. The lowest BCUT2D eigenvalue weighted by Crippen LogP contribution is -2.50. The summed E-state index contributed by atoms with van der Waals surface area (Å²) in [5.74, 6) is -1.26. The van der Waals surface area contributed by atoms with Gasteiger partial charge in [-0.15, -0.1) is 12.4 Å². The van der Waals surface area contributed by atoms with E-state index < -0.39 is 11.6 Å². The maximum absolute atomic E-state index is 13.3. The predicted octanol–water partition coefficient (Wildman–Crippen LogP) is 1.50. The molecule has 1 aliphatic heterocycles. The third kappa shape index (κ3) is 4.33. The minimum Gasteiger partial charge on any atom is -0.334 e. The van der Waals surface area contributed by atoms with Crippen molar-refractivity contribution in [3.05, 3.63) is 35.4 Å². The topological polar surface area (TPSA) is 44.4 Å². The number of amides is 2. The summed E-state index contributed by atoms with van der Waals surface area (Å²) in [6.07, 6.45) is 0. The molecular formula is C12H16ClF2N3O. The molecule has 0 saturated carbocycles. The molecular weight excluding hydrogens is 276 g/mol. The van der Waals surface area contributed by atoms with E-state index in [4.69, 9.17) is 0 Å². The molecule has 0 bridgehead atoms. The fourth-order valence-electron chi connectivity index (χ4n) is 1.82. The van der Waals surface area contributed by atoms with Crippen LogP contribution in [0.1, 0.15) is 5.56 Å². The number of carbonyl (C=O) groups is 1. The highest BCUT2D eigenvalue weighted by molar-refractivity contribution is 5.85. The maximum atomic E-state index is 13.3. The van der Waals surface area contributed by atoms with Crippen LogP contribution in [0, 0.1) is 11.6 Å². The van der Waals surface area contributed by atoms with Crippen molar-refractivity contribution in [1.82, 2.24) is 15.5 Å². The predicted molar refractivity (Wildman–Crippen MR) is 70.3 cm³/mol. The zero-order valence-electron chi connectivity index (χ0n) is 10.3. The van der Waals surface area contributed by atoms with E-state index in [9.17, 15) is 13.6 Å². The summed E-state index contributed by atoms with van der Waals surface area (Å²) in [6, 6.07) is 3.10. The van der Waals surface area contributed by atoms with E-state index in [2.05, 4.69) is 10.6 Å². The number of hydrogen-bond donors (Lipinski definition) is 2. The zero-order chi connectivity index (χ0) is 13.0. The van der Waals surface area contributed by atoms with E-state index in [1.165, 1.54) is 12.1 Å². The summed E-state index contributed by atoms with van der Waals surface area (Å²) in [7, 11) is 0. The molecule has 0 spiro atoms. The number of piperazine rings is 1. The molecule has 1 aromatic carbocycles. The normalized spacial score (nSPS) is 14.7. The number of carbonyl (C=O) groups excluding carboxylic acids is 1. The van der Waals surface area contributed by atoms with Crippen LogP contribution in [0.5, 0.6) is 0 Å². The lowest BCUT2D eigenvalue weighted by atomic mass is 10.2. The Hall–Kier alpha value is -1.40. The van der Waals surface area contributed by atoms with E-state index >= 15 is 0 Å². The van der Waals surface area contributed by atoms with Crippen LogP contribution in [0.2, 0.25) is 0 Å². The highest BCUT2D eigenvalue weighted by Gasteiger charge is 2.15. The van der Waals surface area contributed by atoms with Gasteiger partial charge in [-0.3, -0.25) is 0 Å². The third-order valence-corrected chi connectivity index (χ3v) is 2.85. The molecule has 2 rings (SSSR count). The molecule has 0 aliphatic carbocycles. The van der Waals surface area contributed by atoms with Crippen molar-refractivity contribution in [2.24, 2.45) is 0 Å². The molecule has 7 heteroatoms. The number of benzene rings is 1. The molecule has 1 heterocycles. The Balaban J connectivity index is 0.00000180. The first kappa shape index (κ1) is 15.7. The average molecular weight is 292 g/mol. The van der Waals surface area contributed by atoms with Crippen LogP contribution in [0.25, 0.3) is 0 Å². The number of hydrogen-bond acceptors (Lipinski definition) is 2. The van der Waals surface area contributed by atoms with Gasteiger partial charge in [0.05, 0.1) is 0 Å². The fourth-order valence-corrected chi connectivity index (χ4v) is 1.82. The first-order valence-electron chi connectivity index (χ1n) is 5.84. The Kier molecular flexibility index (Phi) is 5.98. The van der Waals surface area contributed by atoms with Gasteiger partial charge in [-0.25, -0.2) is 13.6 Å². The molecule has 1 saturated heterocycles. The quantitative estimate of drug-likeness (QED) is 0.867. The number of halogens is 3. The van der Waals surface area contributed by atoms with Crippen LogP contribution in [-0.2, 0) is 6.54 Å². The molecule has 0 radical (unpaired) electrons. The van der Waals surface area contributed by atoms with Crippen molar-refractivity contribution in [2.75, 3.05) is 26.2 Å². The van der Waals surface area contributed by atoms with Gasteiger partial charge in [0.25, 0.3) is 0 Å². The molecule has 19 heavy (non-hydrogen) atoms. The van der Waals surface area contributed by atoms with E-state index in [0.29, 0.717) is 13.1 Å². The minimum atomic E-state index is -0.643. The standard InChI is InChI=1S/C12H15F2N3O.ClH/c13-10-2-1-9(11(14)7-10)8-16-12(18)17-5-3-15-4-6-17;/h1-2,7,15H,3-6,8H2,(H,16,18);1H. The summed E-state index contributed by atoms with van der Waals surface area (Å²) < 4.78 is 26.0. The van der Waals surface area contributed by atoms with E-state index in [0.717, 1.165) is 19.2 Å². The Morgan fingerprint density at radius 1 is 1.32 bits per heavy atom. The second kappa shape index (κ2) is 7.25. The number of urea groups is 1. The average Bonchev–Trinajstić information content (AvgIpc) is 2.38. The highest BCUT2D eigenvalue weighted by atomic mass is 35.5. The van der Waals surface area contributed by atoms with Crippen molar-refractivity contribution in [2.45, 2.75) is 6.54 Å². The van der Waals surface area contributed by atoms with Gasteiger partial charge >= 0.3 is 6.03 Å². The monoisotopic (exact) mass is 291 g/mol. The maximum Gasteiger partial charge on any atom is 0.317 e. The largest absolute Gasteiger partial charge is 0.334 e. The molecule has 1 aromatic rings. The molecule has 1 aliphatic rings. The Bertz CT molecular complexity index is 439. The molecule has 4 nitrogen and oxygen atoms in total. The van der Waals surface area contributed by atoms with Gasteiger partial charge in [0, 0.05) is 44.4 Å². The number of rotatable bonds is 2. The summed E-state index contributed by atoms with van der Waals surface area (Å²) >= 11 is 0. The second-order valence-corrected chi connectivity index (χ2v) is 4.13. The molecule has 106 valence electrons. The van der Waals surface area contributed by atoms with Crippen LogP contribution < -0.4 is 10.6 Å². The molecule has 1 fully saturated rings. The van der Waals surface area contributed by atoms with Crippen molar-refractivity contribution < 1.29 is 13.6 Å². The van der Waals surface area contributed by atoms with Gasteiger partial charge < -0.3 is 15.5 Å². The number of nitrogens with zero attached hydrogens (tertiary/aromatic N) is 1. The zero-order valence-corrected chi connectivity index (χ0v) is 11.1. The number of nitrogens with one attached hydrogen (secondary N) is 2. The summed E-state index contributed by atoms with van der Waals surface area (Å²) in [5.41, 5.74) is 0.278. The summed E-state index contributed by atoms with van der Waals surface area (Å²) in [5, 5.41) is 5.76. The summed E-state index contributed by atoms with van der Waals surface area (Å²) in [6.45, 7) is 2.86. The van der Waals surface area contributed by atoms with Crippen LogP contribution >= 0.6 is 12.4 Å². The SMILES string of the molecule is Cl.O=C(NCc1ccc(F)cc1F)N1CCNCC1. The highest BCUT2D eigenvalue weighted by Crippen LogP contribution is 2.09. The Labute approximate surface area is 116 Å². The first-order valence-corrected chi connectivity index (χ1v) is 5.84. The molecule has 2 N–H and O–H groups in total. The van der Waals surface area contributed by atoms with Gasteiger partial charge in [-0.2, -0.15) is 0 Å². The van der Waals surface area contributed by atoms with Crippen LogP contribution in [-0.4, -0.2) is 37.1 Å². The third-order valence-electron chi connectivity index (χ3n) is 2.85. The van der Waals surface area contributed by atoms with Crippen molar-refractivity contribution in [3.8, 4) is 0 Å². The fraction of sp³-hybridized carbons (Fsp3) is 0.417. The smallest absolute Gasteiger partial charge is 0.317 e. The first-order chi connectivity index (χ1) is 8.66. The van der Waals surface area contributed by atoms with Crippen molar-refractivity contribution in [1.29, 1.82) is 0 Å². The van der Waals surface area contributed by atoms with Crippen molar-refractivity contribution in [3.63, 3.8) is 0 Å². The summed E-state index contributed by atoms with van der Waals surface area (Å²) in [4.78, 5) is 13.4. The molecule has 0 aromatic heterocycles. The van der Waals surface area contributed by atoms with E-state index in [1.54, 1.807) is 4.90 Å². The van der Waals surface area contributed by atoms with Crippen molar-refractivity contribution >= 4 is 18.4 Å². The van der Waals surface area contributed by atoms with E-state index in [-0.39, 0.29) is 30.5 Å². The van der Waals surface area contributed by atoms with Gasteiger partial charge in [0.15, 0.2) is 0 Å². The molecule has 0 atom stereocenters. The second-order valence-electron chi connectivity index (χ2n) is 4.13. The molecule has 2 amide bonds. The van der Waals surface area contributed by atoms with Crippen LogP contribution in [0.15, 0.2) is 18.2 Å². The molecule has 0 unspecified atom stereocenters. The van der Waals surface area contributed by atoms with Gasteiger partial charge in [0.1, 0.15) is 11.6 Å². The van der Waals surface area contributed by atoms with Gasteiger partial charge in [-0.05, 0) is 6.07 Å². The van der Waals surface area contributed by atoms with Crippen LogP contribution in [0.3, 0.4) is 0 Å². The minimum absolute atomic E-state index is 0. The lowest BCUT2D eigenvalue weighted by molar-refractivity contribution is 0.189. The van der Waals surface area contributed by atoms with Gasteiger partial charge in [0.2, 0.25) is 0 Å².